The summed E-state index contributed by atoms with van der Waals surface area (Å²) in [4.78, 5) is 25.4. The van der Waals surface area contributed by atoms with Crippen LogP contribution in [0.2, 0.25) is 0 Å². The molecule has 1 aromatic rings. The normalized spacial score (nSPS) is 14.8. The molecule has 1 atom stereocenters. The summed E-state index contributed by atoms with van der Waals surface area (Å²) in [6.45, 7) is 5.49. The summed E-state index contributed by atoms with van der Waals surface area (Å²) in [5.41, 5.74) is 0.933. The van der Waals surface area contributed by atoms with Gasteiger partial charge in [0.25, 0.3) is 5.91 Å². The smallest absolute Gasteiger partial charge is 0.265 e. The van der Waals surface area contributed by atoms with Crippen LogP contribution in [0.4, 0.5) is 5.69 Å². The van der Waals surface area contributed by atoms with E-state index in [2.05, 4.69) is 6.58 Å². The predicted octanol–water partition coefficient (Wildman–Crippen LogP) is 1.94. The van der Waals surface area contributed by atoms with Crippen molar-refractivity contribution < 1.29 is 14.3 Å². The third kappa shape index (κ3) is 2.41. The van der Waals surface area contributed by atoms with Gasteiger partial charge in [0.2, 0.25) is 0 Å². The Morgan fingerprint density at radius 2 is 2.40 bits per heavy atom. The molecule has 0 aromatic heterocycles. The molecule has 1 aromatic carbocycles. The Kier molecular flexibility index (Phi) is 3.85. The summed E-state index contributed by atoms with van der Waals surface area (Å²) in [5.74, 6) is -0.629. The van der Waals surface area contributed by atoms with Gasteiger partial charge in [-0.1, -0.05) is 6.08 Å². The van der Waals surface area contributed by atoms with Crippen LogP contribution >= 0.6 is 0 Å². The molecule has 1 heterocycles. The molecule has 1 unspecified atom stereocenters. The zero-order valence-electron chi connectivity index (χ0n) is 11.1. The quantitative estimate of drug-likeness (QED) is 0.619. The minimum Gasteiger partial charge on any atom is -0.482 e. The third-order valence-electron chi connectivity index (χ3n) is 3.09. The van der Waals surface area contributed by atoms with E-state index in [1.807, 2.05) is 6.07 Å². The van der Waals surface area contributed by atoms with Crippen LogP contribution in [0.5, 0.6) is 5.75 Å². The lowest BCUT2D eigenvalue weighted by Crippen LogP contribution is -2.39. The van der Waals surface area contributed by atoms with Crippen LogP contribution in [0.3, 0.4) is 0 Å². The molecule has 0 bridgehead atoms. The third-order valence-corrected chi connectivity index (χ3v) is 3.09. The Bertz CT molecular complexity index is 616. The zero-order chi connectivity index (χ0) is 14.7. The molecule has 1 aliphatic heterocycles. The number of Topliss-reactive ketones (excluding diaryl/α,β-unsaturated/α-hetero) is 1. The number of ether oxygens (including phenoxy) is 1. The Morgan fingerprint density at radius 3 is 3.05 bits per heavy atom. The second-order valence-corrected chi connectivity index (χ2v) is 4.48. The summed E-state index contributed by atoms with van der Waals surface area (Å²) in [6.07, 6.45) is 1.61. The molecule has 0 N–H and O–H groups in total. The van der Waals surface area contributed by atoms with Gasteiger partial charge in [-0.25, -0.2) is 0 Å². The number of fused-ring (bicyclic) bond motifs is 1. The second-order valence-electron chi connectivity index (χ2n) is 4.48. The second kappa shape index (κ2) is 5.57. The summed E-state index contributed by atoms with van der Waals surface area (Å²) < 4.78 is 5.33. The molecule has 5 nitrogen and oxygen atoms in total. The first-order valence-electron chi connectivity index (χ1n) is 6.20. The first-order valence-corrected chi connectivity index (χ1v) is 6.20. The molecular formula is C15H14N2O3. The van der Waals surface area contributed by atoms with E-state index in [1.165, 1.54) is 4.90 Å². The van der Waals surface area contributed by atoms with Gasteiger partial charge in [-0.2, -0.15) is 5.26 Å². The van der Waals surface area contributed by atoms with E-state index in [0.717, 1.165) is 0 Å². The number of nitrogens with zero attached hydrogens (tertiary/aromatic N) is 2. The number of carbonyl (C=O) groups excluding carboxylic acids is 2. The topological polar surface area (TPSA) is 70.4 Å². The zero-order valence-corrected chi connectivity index (χ0v) is 11.1. The number of carbonyl (C=O) groups is 2. The van der Waals surface area contributed by atoms with Crippen molar-refractivity contribution in [2.24, 2.45) is 5.92 Å². The van der Waals surface area contributed by atoms with Crippen molar-refractivity contribution in [2.75, 3.05) is 18.1 Å². The fourth-order valence-electron chi connectivity index (χ4n) is 1.99. The fraction of sp³-hybridized carbons (Fsp3) is 0.267. The summed E-state index contributed by atoms with van der Waals surface area (Å²) in [7, 11) is 0. The SMILES string of the molecule is C=CCN1C(=O)COc2ccc(C(=O)C(C)C#N)cc21. The highest BCUT2D eigenvalue weighted by molar-refractivity contribution is 6.03. The van der Waals surface area contributed by atoms with Crippen molar-refractivity contribution in [1.82, 2.24) is 0 Å². The van der Waals surface area contributed by atoms with Crippen molar-refractivity contribution in [3.8, 4) is 11.8 Å². The van der Waals surface area contributed by atoms with Crippen LogP contribution in [0.25, 0.3) is 0 Å². The maximum Gasteiger partial charge on any atom is 0.265 e. The van der Waals surface area contributed by atoms with Gasteiger partial charge in [-0.15, -0.1) is 6.58 Å². The molecule has 20 heavy (non-hydrogen) atoms. The number of hydrogen-bond acceptors (Lipinski definition) is 4. The maximum absolute atomic E-state index is 12.0. The molecule has 0 saturated heterocycles. The highest BCUT2D eigenvalue weighted by Crippen LogP contribution is 2.33. The lowest BCUT2D eigenvalue weighted by atomic mass is 9.99. The average Bonchev–Trinajstić information content (AvgIpc) is 2.48. The fourth-order valence-corrected chi connectivity index (χ4v) is 1.99. The molecule has 102 valence electrons. The van der Waals surface area contributed by atoms with E-state index in [-0.39, 0.29) is 18.3 Å². The Balaban J connectivity index is 2.43. The first kappa shape index (κ1) is 13.8. The summed E-state index contributed by atoms with van der Waals surface area (Å²) >= 11 is 0. The minimum atomic E-state index is -0.721. The molecular weight excluding hydrogens is 256 g/mol. The van der Waals surface area contributed by atoms with Crippen molar-refractivity contribution in [3.05, 3.63) is 36.4 Å². The van der Waals surface area contributed by atoms with Crippen LogP contribution in [0.1, 0.15) is 17.3 Å². The molecule has 0 saturated carbocycles. The first-order chi connectivity index (χ1) is 9.58. The van der Waals surface area contributed by atoms with E-state index < -0.39 is 5.92 Å². The highest BCUT2D eigenvalue weighted by atomic mass is 16.5. The van der Waals surface area contributed by atoms with E-state index in [1.54, 1.807) is 31.2 Å². The molecule has 2 rings (SSSR count). The molecule has 0 fully saturated rings. The van der Waals surface area contributed by atoms with E-state index in [4.69, 9.17) is 10.00 Å². The van der Waals surface area contributed by atoms with Crippen molar-refractivity contribution >= 4 is 17.4 Å². The number of ketones is 1. The van der Waals surface area contributed by atoms with E-state index in [0.29, 0.717) is 23.5 Å². The average molecular weight is 270 g/mol. The van der Waals surface area contributed by atoms with Crippen LogP contribution in [-0.2, 0) is 4.79 Å². The van der Waals surface area contributed by atoms with Gasteiger partial charge in [0.1, 0.15) is 11.7 Å². The molecule has 1 amide bonds. The summed E-state index contributed by atoms with van der Waals surface area (Å²) in [6, 6.07) is 6.76. The van der Waals surface area contributed by atoms with Crippen LogP contribution in [-0.4, -0.2) is 24.8 Å². The summed E-state index contributed by atoms with van der Waals surface area (Å²) in [5, 5.41) is 8.81. The van der Waals surface area contributed by atoms with Crippen LogP contribution in [0, 0.1) is 17.2 Å². The van der Waals surface area contributed by atoms with Gasteiger partial charge in [-0.3, -0.25) is 9.59 Å². The number of amides is 1. The van der Waals surface area contributed by atoms with Crippen molar-refractivity contribution in [1.29, 1.82) is 5.26 Å². The lowest BCUT2D eigenvalue weighted by molar-refractivity contribution is -0.121. The molecule has 0 spiro atoms. The highest BCUT2D eigenvalue weighted by Gasteiger charge is 2.26. The number of rotatable bonds is 4. The van der Waals surface area contributed by atoms with Gasteiger partial charge in [0.05, 0.1) is 11.8 Å². The van der Waals surface area contributed by atoms with Gasteiger partial charge in [0.15, 0.2) is 12.4 Å². The number of benzene rings is 1. The minimum absolute atomic E-state index is 0.0251. The predicted molar refractivity (Wildman–Crippen MR) is 73.6 cm³/mol. The van der Waals surface area contributed by atoms with Crippen molar-refractivity contribution in [2.45, 2.75) is 6.92 Å². The lowest BCUT2D eigenvalue weighted by Gasteiger charge is -2.28. The van der Waals surface area contributed by atoms with Gasteiger partial charge >= 0.3 is 0 Å². The molecule has 1 aliphatic rings. The van der Waals surface area contributed by atoms with Crippen molar-refractivity contribution in [3.63, 3.8) is 0 Å². The number of hydrogen-bond donors (Lipinski definition) is 0. The Labute approximate surface area is 117 Å². The monoisotopic (exact) mass is 270 g/mol. The van der Waals surface area contributed by atoms with E-state index in [9.17, 15) is 9.59 Å². The standard InChI is InChI=1S/C15H14N2O3/c1-3-6-17-12-7-11(15(19)10(2)8-16)4-5-13(12)20-9-14(17)18/h3-5,7,10H,1,6,9H2,2H3. The van der Waals surface area contributed by atoms with Crippen LogP contribution in [0.15, 0.2) is 30.9 Å². The van der Waals surface area contributed by atoms with Gasteiger partial charge in [0, 0.05) is 12.1 Å². The number of nitriles is 1. The van der Waals surface area contributed by atoms with Gasteiger partial charge < -0.3 is 9.64 Å². The van der Waals surface area contributed by atoms with Crippen LogP contribution < -0.4 is 9.64 Å². The largest absolute Gasteiger partial charge is 0.482 e. The van der Waals surface area contributed by atoms with Gasteiger partial charge in [-0.05, 0) is 25.1 Å². The molecule has 0 aliphatic carbocycles. The maximum atomic E-state index is 12.0. The van der Waals surface area contributed by atoms with E-state index >= 15 is 0 Å². The number of anilines is 1. The molecule has 0 radical (unpaired) electrons. The Hall–Kier alpha value is -2.61. The Morgan fingerprint density at radius 1 is 1.65 bits per heavy atom. The molecule has 5 heteroatoms.